The van der Waals surface area contributed by atoms with Crippen LogP contribution in [0.25, 0.3) is 0 Å². The van der Waals surface area contributed by atoms with Crippen LogP contribution >= 0.6 is 0 Å². The molecular weight excluding hydrogens is 192 g/mol. The highest BCUT2D eigenvalue weighted by Crippen LogP contribution is 2.36. The summed E-state index contributed by atoms with van der Waals surface area (Å²) in [5.74, 6) is 0.287. The Morgan fingerprint density at radius 3 is 2.67 bits per heavy atom. The fourth-order valence-corrected chi connectivity index (χ4v) is 2.10. The average Bonchev–Trinajstić information content (AvgIpc) is 2.30. The van der Waals surface area contributed by atoms with Crippen molar-refractivity contribution in [1.29, 1.82) is 0 Å². The molecule has 1 aromatic carbocycles. The first kappa shape index (κ1) is 10.5. The molecule has 1 fully saturated rings. The van der Waals surface area contributed by atoms with Gasteiger partial charge in [0, 0.05) is 33.2 Å². The first-order valence-corrected chi connectivity index (χ1v) is 5.19. The minimum atomic E-state index is -0.281. The highest BCUT2D eigenvalue weighted by Gasteiger charge is 2.34. The summed E-state index contributed by atoms with van der Waals surface area (Å²) in [6, 6.07) is 7.29. The lowest BCUT2D eigenvalue weighted by Crippen LogP contribution is -2.35. The van der Waals surface area contributed by atoms with E-state index in [4.69, 9.17) is 9.47 Å². The number of rotatable bonds is 2. The van der Waals surface area contributed by atoms with Gasteiger partial charge in [0.25, 0.3) is 0 Å². The van der Waals surface area contributed by atoms with E-state index < -0.39 is 0 Å². The number of hydrogen-bond acceptors (Lipinski definition) is 3. The second-order valence-electron chi connectivity index (χ2n) is 3.86. The number of phenols is 1. The summed E-state index contributed by atoms with van der Waals surface area (Å²) < 4.78 is 11.0. The minimum Gasteiger partial charge on any atom is -0.508 e. The first-order valence-electron chi connectivity index (χ1n) is 5.19. The van der Waals surface area contributed by atoms with Crippen LogP contribution in [-0.4, -0.2) is 25.4 Å². The van der Waals surface area contributed by atoms with Crippen molar-refractivity contribution in [2.75, 3.05) is 20.3 Å². The fraction of sp³-hybridized carbons (Fsp3) is 0.500. The summed E-state index contributed by atoms with van der Waals surface area (Å²) in [4.78, 5) is 0. The van der Waals surface area contributed by atoms with E-state index in [9.17, 15) is 5.11 Å². The number of phenolic OH excluding ortho intramolecular Hbond substituents is 1. The van der Waals surface area contributed by atoms with Gasteiger partial charge in [-0.15, -0.1) is 0 Å². The van der Waals surface area contributed by atoms with Gasteiger partial charge in [0.15, 0.2) is 0 Å². The molecule has 1 aliphatic heterocycles. The first-order chi connectivity index (χ1) is 7.27. The van der Waals surface area contributed by atoms with Gasteiger partial charge < -0.3 is 14.6 Å². The van der Waals surface area contributed by atoms with Crippen molar-refractivity contribution in [1.82, 2.24) is 0 Å². The summed E-state index contributed by atoms with van der Waals surface area (Å²) in [7, 11) is 1.72. The van der Waals surface area contributed by atoms with Gasteiger partial charge in [-0.25, -0.2) is 0 Å². The van der Waals surface area contributed by atoms with Crippen LogP contribution in [0.15, 0.2) is 24.3 Å². The second-order valence-corrected chi connectivity index (χ2v) is 3.86. The van der Waals surface area contributed by atoms with Crippen LogP contribution in [0, 0.1) is 0 Å². The summed E-state index contributed by atoms with van der Waals surface area (Å²) in [6.07, 6.45) is 1.68. The van der Waals surface area contributed by atoms with Gasteiger partial charge in [-0.1, -0.05) is 12.1 Å². The van der Waals surface area contributed by atoms with E-state index >= 15 is 0 Å². The fourth-order valence-electron chi connectivity index (χ4n) is 2.10. The third-order valence-electron chi connectivity index (χ3n) is 3.06. The Kier molecular flexibility index (Phi) is 2.93. The number of benzene rings is 1. The van der Waals surface area contributed by atoms with E-state index in [0.29, 0.717) is 13.2 Å². The normalized spacial score (nSPS) is 20.1. The molecule has 0 amide bonds. The van der Waals surface area contributed by atoms with Crippen LogP contribution in [0.1, 0.15) is 18.4 Å². The maximum atomic E-state index is 9.47. The zero-order valence-corrected chi connectivity index (χ0v) is 8.90. The Labute approximate surface area is 89.6 Å². The molecule has 0 atom stereocenters. The largest absolute Gasteiger partial charge is 0.508 e. The van der Waals surface area contributed by atoms with Crippen molar-refractivity contribution in [3.8, 4) is 5.75 Å². The molecular formula is C12H16O3. The van der Waals surface area contributed by atoms with Crippen molar-refractivity contribution in [3.05, 3.63) is 29.8 Å². The average molecular weight is 208 g/mol. The molecule has 1 heterocycles. The summed E-state index contributed by atoms with van der Waals surface area (Å²) >= 11 is 0. The highest BCUT2D eigenvalue weighted by atomic mass is 16.5. The number of ether oxygens (including phenoxy) is 2. The van der Waals surface area contributed by atoms with Crippen LogP contribution in [0.5, 0.6) is 5.75 Å². The van der Waals surface area contributed by atoms with Crippen molar-refractivity contribution in [3.63, 3.8) is 0 Å². The van der Waals surface area contributed by atoms with Gasteiger partial charge in [-0.2, -0.15) is 0 Å². The van der Waals surface area contributed by atoms with Crippen LogP contribution in [0.4, 0.5) is 0 Å². The summed E-state index contributed by atoms with van der Waals surface area (Å²) in [6.45, 7) is 1.42. The lowest BCUT2D eigenvalue weighted by molar-refractivity contribution is -0.0948. The molecule has 1 N–H and O–H groups in total. The molecule has 0 aromatic heterocycles. The van der Waals surface area contributed by atoms with Gasteiger partial charge in [-0.05, 0) is 17.7 Å². The maximum Gasteiger partial charge on any atom is 0.115 e. The molecule has 82 valence electrons. The van der Waals surface area contributed by atoms with Crippen molar-refractivity contribution in [2.45, 2.75) is 18.4 Å². The summed E-state index contributed by atoms with van der Waals surface area (Å²) in [5.41, 5.74) is 0.755. The Morgan fingerprint density at radius 1 is 1.33 bits per heavy atom. The monoisotopic (exact) mass is 208 g/mol. The van der Waals surface area contributed by atoms with Crippen LogP contribution in [0.3, 0.4) is 0 Å². The Balaban J connectivity index is 2.32. The third kappa shape index (κ3) is 1.98. The predicted molar refractivity (Wildman–Crippen MR) is 56.8 cm³/mol. The molecule has 1 aliphatic rings. The quantitative estimate of drug-likeness (QED) is 0.808. The van der Waals surface area contributed by atoms with Crippen LogP contribution in [-0.2, 0) is 15.1 Å². The number of aromatic hydroxyl groups is 1. The minimum absolute atomic E-state index is 0.281. The van der Waals surface area contributed by atoms with Crippen LogP contribution < -0.4 is 0 Å². The molecule has 3 nitrogen and oxygen atoms in total. The SMILES string of the molecule is COC1(c2cccc(O)c2)CCOCC1. The van der Waals surface area contributed by atoms with E-state index in [0.717, 1.165) is 18.4 Å². The predicted octanol–water partition coefficient (Wildman–Crippen LogP) is 2.04. The second kappa shape index (κ2) is 4.21. The standard InChI is InChI=1S/C12H16O3/c1-14-12(5-7-15-8-6-12)10-3-2-4-11(13)9-10/h2-4,9,13H,5-8H2,1H3. The maximum absolute atomic E-state index is 9.47. The number of hydrogen-bond donors (Lipinski definition) is 1. The molecule has 0 spiro atoms. The Hall–Kier alpha value is -1.06. The molecule has 0 aliphatic carbocycles. The molecule has 0 radical (unpaired) electrons. The lowest BCUT2D eigenvalue weighted by Gasteiger charge is -2.36. The van der Waals surface area contributed by atoms with Crippen LogP contribution in [0.2, 0.25) is 0 Å². The Bertz CT molecular complexity index is 329. The van der Waals surface area contributed by atoms with Crippen molar-refractivity contribution >= 4 is 0 Å². The van der Waals surface area contributed by atoms with E-state index in [2.05, 4.69) is 0 Å². The molecule has 0 saturated carbocycles. The topological polar surface area (TPSA) is 38.7 Å². The molecule has 0 bridgehead atoms. The van der Waals surface area contributed by atoms with E-state index in [1.165, 1.54) is 0 Å². The van der Waals surface area contributed by atoms with E-state index in [1.54, 1.807) is 19.2 Å². The molecule has 1 saturated heterocycles. The number of methoxy groups -OCH3 is 1. The molecule has 15 heavy (non-hydrogen) atoms. The zero-order chi connectivity index (χ0) is 10.7. The Morgan fingerprint density at radius 2 is 2.07 bits per heavy atom. The molecule has 1 aromatic rings. The van der Waals surface area contributed by atoms with Gasteiger partial charge in [0.2, 0.25) is 0 Å². The van der Waals surface area contributed by atoms with Gasteiger partial charge >= 0.3 is 0 Å². The molecule has 0 unspecified atom stereocenters. The highest BCUT2D eigenvalue weighted by molar-refractivity contribution is 5.31. The van der Waals surface area contributed by atoms with E-state index in [1.807, 2.05) is 12.1 Å². The van der Waals surface area contributed by atoms with Gasteiger partial charge in [0.05, 0.1) is 5.60 Å². The summed E-state index contributed by atoms with van der Waals surface area (Å²) in [5, 5.41) is 9.47. The van der Waals surface area contributed by atoms with E-state index in [-0.39, 0.29) is 11.4 Å². The third-order valence-corrected chi connectivity index (χ3v) is 3.06. The smallest absolute Gasteiger partial charge is 0.115 e. The zero-order valence-electron chi connectivity index (χ0n) is 8.90. The van der Waals surface area contributed by atoms with Gasteiger partial charge in [-0.3, -0.25) is 0 Å². The van der Waals surface area contributed by atoms with Crippen molar-refractivity contribution < 1.29 is 14.6 Å². The molecule has 2 rings (SSSR count). The van der Waals surface area contributed by atoms with Crippen molar-refractivity contribution in [2.24, 2.45) is 0 Å². The van der Waals surface area contributed by atoms with Gasteiger partial charge in [0.1, 0.15) is 5.75 Å². The lowest BCUT2D eigenvalue weighted by atomic mass is 9.86. The molecule has 3 heteroatoms.